The molecule has 1 aromatic heterocycles. The molecule has 3 nitrogen and oxygen atoms in total. The Morgan fingerprint density at radius 1 is 1.31 bits per heavy atom. The van der Waals surface area contributed by atoms with Gasteiger partial charge < -0.3 is 5.73 Å². The molecule has 0 aliphatic rings. The van der Waals surface area contributed by atoms with Crippen molar-refractivity contribution < 1.29 is 0 Å². The van der Waals surface area contributed by atoms with E-state index < -0.39 is 0 Å². The average Bonchev–Trinajstić information content (AvgIpc) is 2.53. The van der Waals surface area contributed by atoms with Gasteiger partial charge in [0.2, 0.25) is 0 Å². The summed E-state index contributed by atoms with van der Waals surface area (Å²) in [7, 11) is 1.96. The maximum Gasteiger partial charge on any atom is 0.0795 e. The number of hydrogen-bond acceptors (Lipinski definition) is 2. The van der Waals surface area contributed by atoms with Crippen LogP contribution in [0.3, 0.4) is 0 Å². The Kier molecular flexibility index (Phi) is 2.79. The fraction of sp³-hybridized carbons (Fsp3) is 0.308. The van der Waals surface area contributed by atoms with Crippen LogP contribution in [0, 0.1) is 13.8 Å². The quantitative estimate of drug-likeness (QED) is 0.834. The summed E-state index contributed by atoms with van der Waals surface area (Å²) >= 11 is 0. The zero-order valence-electron chi connectivity index (χ0n) is 9.99. The van der Waals surface area contributed by atoms with E-state index in [-0.39, 0.29) is 0 Å². The second kappa shape index (κ2) is 4.10. The Hall–Kier alpha value is -1.61. The van der Waals surface area contributed by atoms with Crippen molar-refractivity contribution in [2.75, 3.05) is 0 Å². The van der Waals surface area contributed by atoms with Gasteiger partial charge in [0.05, 0.1) is 11.4 Å². The number of nitrogens with zero attached hydrogens (tertiary/aromatic N) is 2. The van der Waals surface area contributed by atoms with Crippen molar-refractivity contribution in [2.24, 2.45) is 12.8 Å². The second-order valence-electron chi connectivity index (χ2n) is 4.12. The second-order valence-corrected chi connectivity index (χ2v) is 4.12. The number of nitrogens with two attached hydrogens (primary N) is 1. The lowest BCUT2D eigenvalue weighted by Crippen LogP contribution is -1.99. The number of rotatable bonds is 2. The minimum atomic E-state index is 0.492. The third-order valence-electron chi connectivity index (χ3n) is 2.87. The van der Waals surface area contributed by atoms with E-state index in [1.54, 1.807) is 0 Å². The third kappa shape index (κ3) is 1.74. The van der Waals surface area contributed by atoms with Gasteiger partial charge in [-0.15, -0.1) is 0 Å². The lowest BCUT2D eigenvalue weighted by molar-refractivity contribution is 0.749. The Bertz CT molecular complexity index is 512. The largest absolute Gasteiger partial charge is 0.325 e. The summed E-state index contributed by atoms with van der Waals surface area (Å²) < 4.78 is 1.91. The van der Waals surface area contributed by atoms with Crippen molar-refractivity contribution in [2.45, 2.75) is 20.4 Å². The molecule has 2 aromatic rings. The van der Waals surface area contributed by atoms with Gasteiger partial charge in [0.15, 0.2) is 0 Å². The first-order chi connectivity index (χ1) is 7.63. The first-order valence-electron chi connectivity index (χ1n) is 5.43. The smallest absolute Gasteiger partial charge is 0.0795 e. The molecule has 0 bridgehead atoms. The number of hydrogen-bond donors (Lipinski definition) is 1. The fourth-order valence-electron chi connectivity index (χ4n) is 2.08. The molecule has 1 heterocycles. The van der Waals surface area contributed by atoms with Crippen LogP contribution in [0.1, 0.15) is 16.8 Å². The predicted octanol–water partition coefficient (Wildman–Crippen LogP) is 2.16. The molecule has 0 saturated heterocycles. The molecule has 3 heteroatoms. The monoisotopic (exact) mass is 215 g/mol. The molecule has 84 valence electrons. The van der Waals surface area contributed by atoms with Crippen LogP contribution in [0.5, 0.6) is 0 Å². The average molecular weight is 215 g/mol. The van der Waals surface area contributed by atoms with Gasteiger partial charge in [-0.1, -0.05) is 23.8 Å². The Morgan fingerprint density at radius 2 is 2.06 bits per heavy atom. The molecule has 1 aromatic carbocycles. The van der Waals surface area contributed by atoms with E-state index in [1.165, 1.54) is 16.7 Å². The summed E-state index contributed by atoms with van der Waals surface area (Å²) in [6.07, 6.45) is 0. The van der Waals surface area contributed by atoms with Crippen LogP contribution in [0.25, 0.3) is 11.3 Å². The molecule has 0 spiro atoms. The van der Waals surface area contributed by atoms with Crippen LogP contribution in [0.15, 0.2) is 24.3 Å². The molecule has 16 heavy (non-hydrogen) atoms. The first kappa shape index (κ1) is 10.9. The lowest BCUT2D eigenvalue weighted by atomic mass is 10.0. The molecule has 0 radical (unpaired) electrons. The van der Waals surface area contributed by atoms with Crippen LogP contribution in [0.2, 0.25) is 0 Å². The molecular formula is C13H17N3. The molecule has 2 rings (SSSR count). The molecular weight excluding hydrogens is 198 g/mol. The normalized spacial score (nSPS) is 10.8. The highest BCUT2D eigenvalue weighted by molar-refractivity contribution is 5.65. The van der Waals surface area contributed by atoms with Crippen molar-refractivity contribution >= 4 is 0 Å². The number of benzene rings is 1. The van der Waals surface area contributed by atoms with E-state index in [9.17, 15) is 0 Å². The van der Waals surface area contributed by atoms with Gasteiger partial charge in [-0.2, -0.15) is 5.10 Å². The topological polar surface area (TPSA) is 43.8 Å². The predicted molar refractivity (Wildman–Crippen MR) is 66.0 cm³/mol. The zero-order chi connectivity index (χ0) is 11.7. The van der Waals surface area contributed by atoms with E-state index >= 15 is 0 Å². The van der Waals surface area contributed by atoms with E-state index in [0.717, 1.165) is 11.4 Å². The number of aromatic nitrogens is 2. The summed E-state index contributed by atoms with van der Waals surface area (Å²) in [5, 5.41) is 4.43. The summed E-state index contributed by atoms with van der Waals surface area (Å²) in [4.78, 5) is 0. The minimum Gasteiger partial charge on any atom is -0.325 e. The maximum atomic E-state index is 5.67. The van der Waals surface area contributed by atoms with Crippen molar-refractivity contribution in [3.8, 4) is 11.3 Å². The summed E-state index contributed by atoms with van der Waals surface area (Å²) in [6, 6.07) is 8.44. The van der Waals surface area contributed by atoms with Crippen molar-refractivity contribution in [1.82, 2.24) is 9.78 Å². The summed E-state index contributed by atoms with van der Waals surface area (Å²) in [5.74, 6) is 0. The van der Waals surface area contributed by atoms with E-state index in [4.69, 9.17) is 5.73 Å². The molecule has 0 amide bonds. The Morgan fingerprint density at radius 3 is 2.62 bits per heavy atom. The lowest BCUT2D eigenvalue weighted by Gasteiger charge is -2.04. The van der Waals surface area contributed by atoms with Crippen molar-refractivity contribution in [3.05, 3.63) is 41.1 Å². The highest BCUT2D eigenvalue weighted by atomic mass is 15.3. The van der Waals surface area contributed by atoms with Gasteiger partial charge in [0.1, 0.15) is 0 Å². The molecule has 0 unspecified atom stereocenters. The Balaban J connectivity index is 2.60. The van der Waals surface area contributed by atoms with Crippen LogP contribution in [-0.2, 0) is 13.6 Å². The molecule has 0 aliphatic heterocycles. The van der Waals surface area contributed by atoms with Gasteiger partial charge >= 0.3 is 0 Å². The van der Waals surface area contributed by atoms with Crippen LogP contribution < -0.4 is 5.73 Å². The highest BCUT2D eigenvalue weighted by Gasteiger charge is 2.12. The third-order valence-corrected chi connectivity index (χ3v) is 2.87. The molecule has 0 atom stereocenters. The summed E-state index contributed by atoms with van der Waals surface area (Å²) in [6.45, 7) is 4.66. The van der Waals surface area contributed by atoms with Gasteiger partial charge in [0, 0.05) is 19.2 Å². The first-order valence-corrected chi connectivity index (χ1v) is 5.43. The highest BCUT2D eigenvalue weighted by Crippen LogP contribution is 2.25. The van der Waals surface area contributed by atoms with Crippen LogP contribution >= 0.6 is 0 Å². The summed E-state index contributed by atoms with van der Waals surface area (Å²) in [5.41, 5.74) is 11.4. The molecule has 0 fully saturated rings. The Labute approximate surface area is 95.9 Å². The standard InChI is InChI=1S/C13H17N3/c1-9-5-4-6-11(7-9)13-10(2)12(8-14)15-16(13)3/h4-7H,8,14H2,1-3H3. The fourth-order valence-corrected chi connectivity index (χ4v) is 2.08. The van der Waals surface area contributed by atoms with Crippen molar-refractivity contribution in [1.29, 1.82) is 0 Å². The SMILES string of the molecule is Cc1cccc(-c2c(C)c(CN)nn2C)c1. The maximum absolute atomic E-state index is 5.67. The van der Waals surface area contributed by atoms with Gasteiger partial charge in [0.25, 0.3) is 0 Å². The number of aryl methyl sites for hydroxylation is 2. The van der Waals surface area contributed by atoms with Crippen LogP contribution in [-0.4, -0.2) is 9.78 Å². The van der Waals surface area contributed by atoms with E-state index in [2.05, 4.69) is 43.2 Å². The molecule has 0 aliphatic carbocycles. The molecule has 0 saturated carbocycles. The van der Waals surface area contributed by atoms with E-state index in [1.807, 2.05) is 11.7 Å². The van der Waals surface area contributed by atoms with E-state index in [0.29, 0.717) is 6.54 Å². The minimum absolute atomic E-state index is 0.492. The zero-order valence-corrected chi connectivity index (χ0v) is 9.99. The van der Waals surface area contributed by atoms with Gasteiger partial charge in [-0.3, -0.25) is 4.68 Å². The van der Waals surface area contributed by atoms with Gasteiger partial charge in [-0.05, 0) is 25.5 Å². The van der Waals surface area contributed by atoms with Gasteiger partial charge in [-0.25, -0.2) is 0 Å². The van der Waals surface area contributed by atoms with Crippen LogP contribution in [0.4, 0.5) is 0 Å². The molecule has 2 N–H and O–H groups in total. The van der Waals surface area contributed by atoms with Crippen molar-refractivity contribution in [3.63, 3.8) is 0 Å².